The van der Waals surface area contributed by atoms with Gasteiger partial charge in [-0.2, -0.15) is 0 Å². The van der Waals surface area contributed by atoms with Crippen molar-refractivity contribution in [3.05, 3.63) is 95.1 Å². The summed E-state index contributed by atoms with van der Waals surface area (Å²) in [6.45, 7) is 6.33. The van der Waals surface area contributed by atoms with Gasteiger partial charge in [0.25, 0.3) is 0 Å². The molecule has 3 aromatic carbocycles. The van der Waals surface area contributed by atoms with E-state index in [1.54, 1.807) is 0 Å². The number of hydrogen-bond donors (Lipinski definition) is 2. The summed E-state index contributed by atoms with van der Waals surface area (Å²) < 4.78 is 13.4. The van der Waals surface area contributed by atoms with Crippen LogP contribution in [0.5, 0.6) is 0 Å². The minimum atomic E-state index is -0.446. The molecule has 0 amide bonds. The highest BCUT2D eigenvalue weighted by Crippen LogP contribution is 2.39. The third kappa shape index (κ3) is 6.49. The number of aliphatic hydroxyl groups is 1. The third-order valence-electron chi connectivity index (χ3n) is 8.87. The summed E-state index contributed by atoms with van der Waals surface area (Å²) in [6.07, 6.45) is 5.59. The van der Waals surface area contributed by atoms with Crippen molar-refractivity contribution in [3.63, 3.8) is 0 Å². The van der Waals surface area contributed by atoms with Crippen molar-refractivity contribution >= 4 is 0 Å². The zero-order valence-electron chi connectivity index (χ0n) is 23.5. The van der Waals surface area contributed by atoms with E-state index in [-0.39, 0.29) is 18.8 Å². The van der Waals surface area contributed by atoms with Gasteiger partial charge >= 0.3 is 0 Å². The Hall–Kier alpha value is -2.58. The topological polar surface area (TPSA) is 71.2 Å². The summed E-state index contributed by atoms with van der Waals surface area (Å²) in [5.74, 6) is 0. The van der Waals surface area contributed by atoms with Gasteiger partial charge in [-0.05, 0) is 85.3 Å². The Morgan fingerprint density at radius 1 is 0.775 bits per heavy atom. The first-order chi connectivity index (χ1) is 19.7. The number of nitrogens with zero attached hydrogens (tertiary/aromatic N) is 2. The molecule has 0 saturated carbocycles. The minimum Gasteiger partial charge on any atom is -0.392 e. The van der Waals surface area contributed by atoms with Crippen molar-refractivity contribution in [1.29, 1.82) is 0 Å². The van der Waals surface area contributed by atoms with Crippen LogP contribution in [0.2, 0.25) is 0 Å². The molecule has 3 saturated heterocycles. The molecule has 0 unspecified atom stereocenters. The van der Waals surface area contributed by atoms with Gasteiger partial charge in [0, 0.05) is 37.7 Å². The molecule has 0 aromatic heterocycles. The molecule has 3 N–H and O–H groups in total. The molecule has 0 aliphatic carbocycles. The average molecular weight is 542 g/mol. The molecule has 212 valence electrons. The van der Waals surface area contributed by atoms with Crippen molar-refractivity contribution in [2.45, 2.75) is 69.8 Å². The molecule has 0 spiro atoms. The van der Waals surface area contributed by atoms with Crippen LogP contribution in [0, 0.1) is 0 Å². The fraction of sp³-hybridized carbons (Fsp3) is 0.471. The number of hydrogen-bond acceptors (Lipinski definition) is 6. The predicted molar refractivity (Wildman–Crippen MR) is 158 cm³/mol. The maximum atomic E-state index is 9.54. The number of nitrogens with two attached hydrogens (primary N) is 1. The van der Waals surface area contributed by atoms with Crippen molar-refractivity contribution in [3.8, 4) is 11.1 Å². The largest absolute Gasteiger partial charge is 0.392 e. The molecule has 3 heterocycles. The van der Waals surface area contributed by atoms with E-state index in [1.807, 2.05) is 12.1 Å². The fourth-order valence-corrected chi connectivity index (χ4v) is 6.64. The lowest BCUT2D eigenvalue weighted by atomic mass is 9.98. The first-order valence-corrected chi connectivity index (χ1v) is 15.0. The van der Waals surface area contributed by atoms with Gasteiger partial charge in [-0.1, -0.05) is 60.7 Å². The standard InChI is InChI=1S/C34H43N3O3/c35-21-26-6-3-7-28(18-26)29-8-4-9-30(19-29)34-39-32(20-33(40-34)27-13-11-25(24-38)12-14-27)23-37-17-5-10-31(37)22-36-15-1-2-16-36/h3-4,6-9,11-14,18-19,31-34,38H,1-2,5,10,15-17,20-24,35H2/t31-,32+,33-,34-/m0/s1. The predicted octanol–water partition coefficient (Wildman–Crippen LogP) is 5.41. The van der Waals surface area contributed by atoms with Crippen LogP contribution in [-0.4, -0.2) is 59.8 Å². The van der Waals surface area contributed by atoms with Crippen molar-refractivity contribution in [1.82, 2.24) is 9.80 Å². The molecule has 3 aliphatic rings. The van der Waals surface area contributed by atoms with Crippen LogP contribution in [-0.2, 0) is 22.6 Å². The summed E-state index contributed by atoms with van der Waals surface area (Å²) in [5, 5.41) is 9.54. The van der Waals surface area contributed by atoms with Gasteiger partial charge in [-0.15, -0.1) is 0 Å². The lowest BCUT2D eigenvalue weighted by Gasteiger charge is -2.39. The number of aliphatic hydroxyl groups excluding tert-OH is 1. The van der Waals surface area contributed by atoms with E-state index in [0.29, 0.717) is 12.6 Å². The van der Waals surface area contributed by atoms with Crippen LogP contribution >= 0.6 is 0 Å². The highest BCUT2D eigenvalue weighted by molar-refractivity contribution is 5.65. The van der Waals surface area contributed by atoms with Gasteiger partial charge in [0.15, 0.2) is 6.29 Å². The maximum Gasteiger partial charge on any atom is 0.184 e. The van der Waals surface area contributed by atoms with E-state index in [0.717, 1.165) is 52.9 Å². The smallest absolute Gasteiger partial charge is 0.184 e. The molecule has 3 fully saturated rings. The summed E-state index contributed by atoms with van der Waals surface area (Å²) in [6, 6.07) is 25.7. The summed E-state index contributed by atoms with van der Waals surface area (Å²) in [7, 11) is 0. The monoisotopic (exact) mass is 541 g/mol. The molecule has 3 aromatic rings. The molecule has 3 aliphatic heterocycles. The highest BCUT2D eigenvalue weighted by atomic mass is 16.7. The van der Waals surface area contributed by atoms with E-state index in [9.17, 15) is 5.11 Å². The lowest BCUT2D eigenvalue weighted by molar-refractivity contribution is -0.253. The molecule has 40 heavy (non-hydrogen) atoms. The summed E-state index contributed by atoms with van der Waals surface area (Å²) >= 11 is 0. The van der Waals surface area contributed by atoms with Gasteiger partial charge in [-0.3, -0.25) is 4.90 Å². The maximum absolute atomic E-state index is 9.54. The molecule has 6 rings (SSSR count). The second-order valence-corrected chi connectivity index (χ2v) is 11.7. The number of benzene rings is 3. The second kappa shape index (κ2) is 12.9. The fourth-order valence-electron chi connectivity index (χ4n) is 6.64. The van der Waals surface area contributed by atoms with Crippen LogP contribution < -0.4 is 5.73 Å². The first kappa shape index (κ1) is 27.6. The van der Waals surface area contributed by atoms with E-state index >= 15 is 0 Å². The quantitative estimate of drug-likeness (QED) is 0.378. The van der Waals surface area contributed by atoms with Crippen LogP contribution in [0.25, 0.3) is 11.1 Å². The van der Waals surface area contributed by atoms with E-state index in [4.69, 9.17) is 15.2 Å². The van der Waals surface area contributed by atoms with E-state index < -0.39 is 6.29 Å². The molecule has 0 radical (unpaired) electrons. The SMILES string of the molecule is NCc1cccc(-c2cccc([C@H]3O[C@@H](CN4CCC[C@H]4CN4CCCC4)C[C@@H](c4ccc(CO)cc4)O3)c2)c1. The third-order valence-corrected chi connectivity index (χ3v) is 8.87. The highest BCUT2D eigenvalue weighted by Gasteiger charge is 2.36. The summed E-state index contributed by atoms with van der Waals surface area (Å²) in [5.41, 5.74) is 12.4. The van der Waals surface area contributed by atoms with Gasteiger partial charge in [0.05, 0.1) is 18.8 Å². The Morgan fingerprint density at radius 3 is 2.33 bits per heavy atom. The van der Waals surface area contributed by atoms with Gasteiger partial charge in [0.1, 0.15) is 0 Å². The summed E-state index contributed by atoms with van der Waals surface area (Å²) in [4.78, 5) is 5.32. The number of likely N-dealkylation sites (tertiary alicyclic amines) is 2. The molecule has 0 bridgehead atoms. The zero-order valence-corrected chi connectivity index (χ0v) is 23.5. The number of rotatable bonds is 9. The average Bonchev–Trinajstić information content (AvgIpc) is 3.69. The Balaban J connectivity index is 1.23. The Morgan fingerprint density at radius 2 is 1.55 bits per heavy atom. The Labute approximate surface area is 238 Å². The molecule has 6 nitrogen and oxygen atoms in total. The van der Waals surface area contributed by atoms with Gasteiger partial charge < -0.3 is 25.2 Å². The van der Waals surface area contributed by atoms with E-state index in [2.05, 4.69) is 70.5 Å². The van der Waals surface area contributed by atoms with Crippen LogP contribution in [0.1, 0.15) is 66.8 Å². The zero-order chi connectivity index (χ0) is 27.3. The molecule has 4 atom stereocenters. The number of ether oxygens (including phenoxy) is 2. The lowest BCUT2D eigenvalue weighted by Crippen LogP contribution is -2.45. The van der Waals surface area contributed by atoms with Crippen molar-refractivity contribution in [2.24, 2.45) is 5.73 Å². The molecular weight excluding hydrogens is 498 g/mol. The van der Waals surface area contributed by atoms with Crippen LogP contribution in [0.4, 0.5) is 0 Å². The Bertz CT molecular complexity index is 1240. The van der Waals surface area contributed by atoms with Crippen molar-refractivity contribution < 1.29 is 14.6 Å². The second-order valence-electron chi connectivity index (χ2n) is 11.7. The van der Waals surface area contributed by atoms with Crippen LogP contribution in [0.3, 0.4) is 0 Å². The van der Waals surface area contributed by atoms with Gasteiger partial charge in [-0.25, -0.2) is 0 Å². The van der Waals surface area contributed by atoms with Crippen molar-refractivity contribution in [2.75, 3.05) is 32.7 Å². The van der Waals surface area contributed by atoms with Crippen LogP contribution in [0.15, 0.2) is 72.8 Å². The van der Waals surface area contributed by atoms with E-state index in [1.165, 1.54) is 45.3 Å². The Kier molecular flexibility index (Phi) is 8.92. The minimum absolute atomic E-state index is 0.0473. The molecule has 6 heteroatoms. The molecular formula is C34H43N3O3. The van der Waals surface area contributed by atoms with Gasteiger partial charge in [0.2, 0.25) is 0 Å². The normalized spacial score (nSPS) is 25.9. The first-order valence-electron chi connectivity index (χ1n) is 15.0.